The number of hydrogen-bond acceptors (Lipinski definition) is 6. The highest BCUT2D eigenvalue weighted by Crippen LogP contribution is 2.42. The fraction of sp³-hybridized carbons (Fsp3) is 0.429. The van der Waals surface area contributed by atoms with Gasteiger partial charge in [-0.3, -0.25) is 0 Å². The van der Waals surface area contributed by atoms with E-state index in [1.54, 1.807) is 0 Å². The quantitative estimate of drug-likeness (QED) is 0.839. The third-order valence-corrected chi connectivity index (χ3v) is 5.34. The predicted molar refractivity (Wildman–Crippen MR) is 94.5 cm³/mol. The molecule has 0 aromatic heterocycles. The molecule has 142 valence electrons. The molecule has 2 aromatic rings. The highest BCUT2D eigenvalue weighted by Gasteiger charge is 2.62. The van der Waals surface area contributed by atoms with Crippen LogP contribution in [0.25, 0.3) is 0 Å². The maximum atomic E-state index is 10.7. The topological polar surface area (TPSA) is 66.4 Å². The number of aliphatic hydroxyl groups excluding tert-OH is 1. The zero-order valence-corrected chi connectivity index (χ0v) is 14.7. The Morgan fingerprint density at radius 1 is 0.667 bits per heavy atom. The van der Waals surface area contributed by atoms with Crippen LogP contribution in [-0.2, 0) is 36.9 Å². The van der Waals surface area contributed by atoms with Crippen molar-refractivity contribution in [1.29, 1.82) is 0 Å². The lowest BCUT2D eigenvalue weighted by molar-refractivity contribution is -0.487. The summed E-state index contributed by atoms with van der Waals surface area (Å²) in [4.78, 5) is 0. The molecule has 0 amide bonds. The number of benzene rings is 2. The van der Waals surface area contributed by atoms with Gasteiger partial charge in [-0.25, -0.2) is 0 Å². The molecule has 2 aromatic carbocycles. The number of hydrogen-bond donors (Lipinski definition) is 1. The van der Waals surface area contributed by atoms with Gasteiger partial charge in [0.15, 0.2) is 0 Å². The van der Waals surface area contributed by atoms with Crippen LogP contribution >= 0.6 is 0 Å². The Morgan fingerprint density at radius 3 is 1.59 bits per heavy atom. The predicted octanol–water partition coefficient (Wildman–Crippen LogP) is 2.00. The number of rotatable bonds is 6. The molecule has 3 aliphatic heterocycles. The Kier molecular flexibility index (Phi) is 4.69. The van der Waals surface area contributed by atoms with Crippen LogP contribution in [0.1, 0.15) is 11.1 Å². The summed E-state index contributed by atoms with van der Waals surface area (Å²) >= 11 is 0. The third kappa shape index (κ3) is 3.29. The van der Waals surface area contributed by atoms with Gasteiger partial charge in [-0.15, -0.1) is 0 Å². The van der Waals surface area contributed by atoms with Crippen LogP contribution in [0.2, 0.25) is 0 Å². The van der Waals surface area contributed by atoms with Crippen molar-refractivity contribution in [3.05, 3.63) is 71.8 Å². The molecule has 4 fully saturated rings. The molecule has 4 bridgehead atoms. The van der Waals surface area contributed by atoms with E-state index in [4.69, 9.17) is 23.7 Å². The van der Waals surface area contributed by atoms with Crippen LogP contribution in [0, 0.1) is 0 Å². The lowest BCUT2D eigenvalue weighted by Crippen LogP contribution is -2.75. The Hall–Kier alpha value is -1.80. The Morgan fingerprint density at radius 2 is 1.11 bits per heavy atom. The summed E-state index contributed by atoms with van der Waals surface area (Å²) in [6.07, 6.45) is -2.96. The molecule has 1 aliphatic carbocycles. The van der Waals surface area contributed by atoms with Gasteiger partial charge in [0, 0.05) is 0 Å². The van der Waals surface area contributed by atoms with E-state index >= 15 is 0 Å². The monoisotopic (exact) mass is 370 g/mol. The third-order valence-electron chi connectivity index (χ3n) is 5.34. The van der Waals surface area contributed by atoms with E-state index in [1.165, 1.54) is 0 Å². The molecular weight excluding hydrogens is 348 g/mol. The van der Waals surface area contributed by atoms with E-state index in [-0.39, 0.29) is 6.10 Å². The second kappa shape index (κ2) is 7.31. The molecule has 1 N–H and O–H groups in total. The van der Waals surface area contributed by atoms with Crippen LogP contribution in [0.3, 0.4) is 0 Å². The van der Waals surface area contributed by atoms with E-state index in [9.17, 15) is 5.11 Å². The maximum Gasteiger partial charge on any atom is 0.272 e. The van der Waals surface area contributed by atoms with Crippen LogP contribution in [0.15, 0.2) is 60.7 Å². The average Bonchev–Trinajstić information content (AvgIpc) is 2.72. The number of ether oxygens (including phenoxy) is 5. The van der Waals surface area contributed by atoms with Crippen molar-refractivity contribution >= 4 is 0 Å². The minimum atomic E-state index is -0.817. The van der Waals surface area contributed by atoms with Gasteiger partial charge >= 0.3 is 0 Å². The van der Waals surface area contributed by atoms with Crippen LogP contribution < -0.4 is 0 Å². The Labute approximate surface area is 157 Å². The zero-order valence-electron chi connectivity index (χ0n) is 14.7. The van der Waals surface area contributed by atoms with Crippen LogP contribution in [0.5, 0.6) is 0 Å². The van der Waals surface area contributed by atoms with Crippen molar-refractivity contribution in [1.82, 2.24) is 0 Å². The van der Waals surface area contributed by atoms with Gasteiger partial charge in [-0.05, 0) is 11.1 Å². The largest absolute Gasteiger partial charge is 0.387 e. The molecule has 6 heteroatoms. The molecule has 0 radical (unpaired) electrons. The van der Waals surface area contributed by atoms with Crippen molar-refractivity contribution in [2.24, 2.45) is 0 Å². The summed E-state index contributed by atoms with van der Waals surface area (Å²) in [5, 5.41) is 10.7. The summed E-state index contributed by atoms with van der Waals surface area (Å²) in [6, 6.07) is 19.8. The van der Waals surface area contributed by atoms with Crippen molar-refractivity contribution in [2.45, 2.75) is 56.3 Å². The lowest BCUT2D eigenvalue weighted by Gasteiger charge is -2.57. The second-order valence-corrected chi connectivity index (χ2v) is 7.10. The molecule has 7 atom stereocenters. The number of aliphatic hydroxyl groups is 1. The molecule has 3 saturated heterocycles. The van der Waals surface area contributed by atoms with Crippen molar-refractivity contribution in [3.8, 4) is 0 Å². The van der Waals surface area contributed by atoms with Gasteiger partial charge in [-0.1, -0.05) is 60.7 Å². The van der Waals surface area contributed by atoms with E-state index in [1.807, 2.05) is 60.7 Å². The first-order valence-corrected chi connectivity index (χ1v) is 9.25. The minimum absolute atomic E-state index is 0.344. The summed E-state index contributed by atoms with van der Waals surface area (Å²) < 4.78 is 29.4. The van der Waals surface area contributed by atoms with E-state index in [0.29, 0.717) is 13.2 Å². The van der Waals surface area contributed by atoms with Gasteiger partial charge in [0.1, 0.15) is 36.6 Å². The highest BCUT2D eigenvalue weighted by molar-refractivity contribution is 5.15. The van der Waals surface area contributed by atoms with Crippen LogP contribution in [-0.4, -0.2) is 48.2 Å². The normalized spacial score (nSPS) is 36.9. The maximum absolute atomic E-state index is 10.7. The molecular formula is C21H22O6. The molecule has 6 nitrogen and oxygen atoms in total. The zero-order chi connectivity index (χ0) is 18.2. The van der Waals surface area contributed by atoms with Gasteiger partial charge < -0.3 is 28.8 Å². The fourth-order valence-electron chi connectivity index (χ4n) is 4.00. The lowest BCUT2D eigenvalue weighted by atomic mass is 9.82. The molecule has 5 unspecified atom stereocenters. The SMILES string of the molecule is OC1C2OC3OC1[C@H](OCc1ccccc1)C(O3)[C@@H]2OCc1ccccc1. The second-order valence-electron chi connectivity index (χ2n) is 7.10. The Balaban J connectivity index is 1.31. The summed E-state index contributed by atoms with van der Waals surface area (Å²) in [5.41, 5.74) is 2.11. The minimum Gasteiger partial charge on any atom is -0.387 e. The first kappa shape index (κ1) is 17.3. The van der Waals surface area contributed by atoms with E-state index in [0.717, 1.165) is 11.1 Å². The fourth-order valence-corrected chi connectivity index (χ4v) is 4.00. The van der Waals surface area contributed by atoms with Gasteiger partial charge in [-0.2, -0.15) is 0 Å². The van der Waals surface area contributed by atoms with Crippen molar-refractivity contribution < 1.29 is 28.8 Å². The Bertz CT molecular complexity index is 692. The molecule has 27 heavy (non-hydrogen) atoms. The molecule has 3 heterocycles. The van der Waals surface area contributed by atoms with Crippen molar-refractivity contribution in [2.75, 3.05) is 0 Å². The van der Waals surface area contributed by atoms with Gasteiger partial charge in [0.05, 0.1) is 13.2 Å². The van der Waals surface area contributed by atoms with E-state index in [2.05, 4.69) is 0 Å². The first-order valence-electron chi connectivity index (χ1n) is 9.25. The van der Waals surface area contributed by atoms with Gasteiger partial charge in [0.2, 0.25) is 0 Å². The summed E-state index contributed by atoms with van der Waals surface area (Å²) in [7, 11) is 0. The smallest absolute Gasteiger partial charge is 0.272 e. The highest BCUT2D eigenvalue weighted by atomic mass is 16.9. The van der Waals surface area contributed by atoms with Gasteiger partial charge in [0.25, 0.3) is 6.48 Å². The summed E-state index contributed by atoms with van der Waals surface area (Å²) in [5.74, 6) is 0. The molecule has 0 spiro atoms. The average molecular weight is 370 g/mol. The standard InChI is InChI=1S/C21H22O6/c22-15-16-18(23-11-13-7-3-1-4-8-13)20-19(17(15)26-21(25-16)27-20)24-12-14-9-5-2-6-10-14/h1-10,15-22H,11-12H2/t15?,16?,17?,18-,19+,20?,21?. The van der Waals surface area contributed by atoms with Crippen molar-refractivity contribution in [3.63, 3.8) is 0 Å². The molecule has 6 rings (SSSR count). The van der Waals surface area contributed by atoms with E-state index < -0.39 is 37.0 Å². The summed E-state index contributed by atoms with van der Waals surface area (Å²) in [6.45, 7) is 0.0700. The molecule has 1 saturated carbocycles. The molecule has 4 aliphatic rings. The first-order chi connectivity index (χ1) is 13.3. The van der Waals surface area contributed by atoms with Crippen LogP contribution in [0.4, 0.5) is 0 Å².